The molecule has 0 unspecified atom stereocenters. The summed E-state index contributed by atoms with van der Waals surface area (Å²) in [6.07, 6.45) is 0. The predicted octanol–water partition coefficient (Wildman–Crippen LogP) is 0.137. The second kappa shape index (κ2) is 4.80. The fourth-order valence-electron chi connectivity index (χ4n) is 1.000. The maximum absolute atomic E-state index is 5.37. The lowest BCUT2D eigenvalue weighted by atomic mass is 10.2. The van der Waals surface area contributed by atoms with Gasteiger partial charge in [0.1, 0.15) is 5.82 Å². The zero-order valence-corrected chi connectivity index (χ0v) is 8.22. The van der Waals surface area contributed by atoms with Gasteiger partial charge < -0.3 is 17.2 Å². The smallest absolute Gasteiger partial charge is 0.192 e. The quantitative estimate of drug-likeness (QED) is 0.470. The third-order valence-electron chi connectivity index (χ3n) is 1.52. The second-order valence-corrected chi connectivity index (χ2v) is 2.83. The number of nitrogens with zero attached hydrogens (tertiary/aromatic N) is 2. The summed E-state index contributed by atoms with van der Waals surface area (Å²) in [4.78, 5) is 7.81. The molecule has 0 aliphatic rings. The third-order valence-corrected chi connectivity index (χ3v) is 1.52. The van der Waals surface area contributed by atoms with E-state index in [-0.39, 0.29) is 11.8 Å². The van der Waals surface area contributed by atoms with Crippen molar-refractivity contribution in [3.8, 4) is 0 Å². The van der Waals surface area contributed by atoms with E-state index >= 15 is 0 Å². The minimum absolute atomic E-state index is 0.0705. The molecule has 1 aromatic carbocycles. The van der Waals surface area contributed by atoms with Crippen molar-refractivity contribution >= 4 is 11.8 Å². The van der Waals surface area contributed by atoms with Crippen LogP contribution in [0.3, 0.4) is 0 Å². The van der Waals surface area contributed by atoms with Crippen LogP contribution in [-0.2, 0) is 0 Å². The highest BCUT2D eigenvalue weighted by atomic mass is 15.1. The van der Waals surface area contributed by atoms with Gasteiger partial charge in [-0.3, -0.25) is 0 Å². The Morgan fingerprint density at radius 3 is 2.07 bits per heavy atom. The number of aliphatic imine (C=N–C) groups is 2. The van der Waals surface area contributed by atoms with Gasteiger partial charge in [-0.25, -0.2) is 4.99 Å². The van der Waals surface area contributed by atoms with Gasteiger partial charge in [-0.15, -0.1) is 0 Å². The number of nitrogens with two attached hydrogens (primary N) is 3. The van der Waals surface area contributed by atoms with E-state index in [1.807, 2.05) is 30.3 Å². The Bertz CT molecular complexity index is 401. The zero-order valence-electron chi connectivity index (χ0n) is 8.22. The number of hydrogen-bond acceptors (Lipinski definition) is 2. The number of benzene rings is 1. The molecule has 5 nitrogen and oxygen atoms in total. The Morgan fingerprint density at radius 2 is 1.60 bits per heavy atom. The van der Waals surface area contributed by atoms with Crippen molar-refractivity contribution < 1.29 is 0 Å². The van der Waals surface area contributed by atoms with Gasteiger partial charge in [0.2, 0.25) is 0 Å². The summed E-state index contributed by atoms with van der Waals surface area (Å²) in [5.41, 5.74) is 16.7. The molecule has 0 atom stereocenters. The van der Waals surface area contributed by atoms with Crippen LogP contribution >= 0.6 is 0 Å². The first-order valence-electron chi connectivity index (χ1n) is 4.27. The van der Waals surface area contributed by atoms with Crippen molar-refractivity contribution in [2.24, 2.45) is 27.2 Å². The van der Waals surface area contributed by atoms with Gasteiger partial charge in [0.25, 0.3) is 0 Å². The summed E-state index contributed by atoms with van der Waals surface area (Å²) in [5.74, 6) is 0.431. The molecule has 1 aromatic rings. The molecule has 0 bridgehead atoms. The Labute approximate surface area is 88.0 Å². The van der Waals surface area contributed by atoms with Crippen molar-refractivity contribution in [2.45, 2.75) is 0 Å². The summed E-state index contributed by atoms with van der Waals surface area (Å²) >= 11 is 0. The SMILES string of the molecule is C=C(N)/N=C(\N=C(N)N)c1ccccc1. The van der Waals surface area contributed by atoms with Gasteiger partial charge in [-0.1, -0.05) is 36.9 Å². The lowest BCUT2D eigenvalue weighted by molar-refractivity contribution is 1.24. The molecule has 0 amide bonds. The van der Waals surface area contributed by atoms with Crippen molar-refractivity contribution in [1.82, 2.24) is 0 Å². The highest BCUT2D eigenvalue weighted by molar-refractivity contribution is 6.05. The van der Waals surface area contributed by atoms with E-state index in [1.165, 1.54) is 0 Å². The zero-order chi connectivity index (χ0) is 11.3. The summed E-state index contributed by atoms with van der Waals surface area (Å²) in [6.45, 7) is 3.47. The van der Waals surface area contributed by atoms with Gasteiger partial charge >= 0.3 is 0 Å². The van der Waals surface area contributed by atoms with Crippen molar-refractivity contribution in [1.29, 1.82) is 0 Å². The molecule has 6 N–H and O–H groups in total. The molecule has 1 rings (SSSR count). The first-order valence-corrected chi connectivity index (χ1v) is 4.27. The van der Waals surface area contributed by atoms with E-state index in [0.717, 1.165) is 5.56 Å². The average molecular weight is 203 g/mol. The molecule has 0 aliphatic carbocycles. The molecule has 0 aliphatic heterocycles. The van der Waals surface area contributed by atoms with Crippen LogP contribution < -0.4 is 17.2 Å². The Balaban J connectivity index is 3.14. The van der Waals surface area contributed by atoms with Crippen molar-refractivity contribution in [2.75, 3.05) is 0 Å². The molecular formula is C10H13N5. The summed E-state index contributed by atoms with van der Waals surface area (Å²) in [5, 5.41) is 0. The first-order chi connectivity index (χ1) is 7.09. The van der Waals surface area contributed by atoms with Crippen LogP contribution in [0.1, 0.15) is 5.56 Å². The van der Waals surface area contributed by atoms with Crippen molar-refractivity contribution in [3.05, 3.63) is 48.3 Å². The molecule has 0 aromatic heterocycles. The highest BCUT2D eigenvalue weighted by Crippen LogP contribution is 2.03. The molecule has 78 valence electrons. The van der Waals surface area contributed by atoms with Gasteiger partial charge in [0, 0.05) is 5.56 Å². The topological polar surface area (TPSA) is 103 Å². The molecule has 0 saturated carbocycles. The van der Waals surface area contributed by atoms with E-state index in [0.29, 0.717) is 5.84 Å². The normalized spacial score (nSPS) is 10.8. The molecule has 5 heteroatoms. The molecule has 0 radical (unpaired) electrons. The molecule has 0 fully saturated rings. The highest BCUT2D eigenvalue weighted by Gasteiger charge is 2.01. The maximum atomic E-state index is 5.37. The minimum atomic E-state index is -0.0705. The summed E-state index contributed by atoms with van der Waals surface area (Å²) in [7, 11) is 0. The first kappa shape index (κ1) is 10.8. The number of guanidine groups is 1. The molecule has 0 heterocycles. The predicted molar refractivity (Wildman–Crippen MR) is 62.1 cm³/mol. The summed E-state index contributed by atoms with van der Waals surface area (Å²) in [6, 6.07) is 9.25. The van der Waals surface area contributed by atoms with E-state index in [4.69, 9.17) is 17.2 Å². The van der Waals surface area contributed by atoms with Gasteiger partial charge in [0.15, 0.2) is 11.8 Å². The lowest BCUT2D eigenvalue weighted by Gasteiger charge is -2.01. The summed E-state index contributed by atoms with van der Waals surface area (Å²) < 4.78 is 0. The van der Waals surface area contributed by atoms with Crippen LogP contribution in [0.25, 0.3) is 0 Å². The van der Waals surface area contributed by atoms with E-state index in [2.05, 4.69) is 16.6 Å². The van der Waals surface area contributed by atoms with Crippen LogP contribution in [0.15, 0.2) is 52.7 Å². The maximum Gasteiger partial charge on any atom is 0.192 e. The minimum Gasteiger partial charge on any atom is -0.384 e. The standard InChI is InChI=1S/C10H13N5/c1-7(11)14-9(15-10(12)13)8-5-3-2-4-6-8/h2-6H,1,11H2,(H4,12,13,14,15). The van der Waals surface area contributed by atoms with E-state index < -0.39 is 0 Å². The van der Waals surface area contributed by atoms with Crippen LogP contribution in [0.2, 0.25) is 0 Å². The third kappa shape index (κ3) is 3.51. The van der Waals surface area contributed by atoms with Crippen LogP contribution in [0, 0.1) is 0 Å². The molecule has 0 spiro atoms. The lowest BCUT2D eigenvalue weighted by Crippen LogP contribution is -2.24. The number of hydrogen-bond donors (Lipinski definition) is 3. The second-order valence-electron chi connectivity index (χ2n) is 2.83. The van der Waals surface area contributed by atoms with Gasteiger partial charge in [0.05, 0.1) is 0 Å². The van der Waals surface area contributed by atoms with Crippen LogP contribution in [-0.4, -0.2) is 11.8 Å². The molecule has 15 heavy (non-hydrogen) atoms. The van der Waals surface area contributed by atoms with Gasteiger partial charge in [-0.05, 0) is 0 Å². The van der Waals surface area contributed by atoms with Crippen molar-refractivity contribution in [3.63, 3.8) is 0 Å². The van der Waals surface area contributed by atoms with Gasteiger partial charge in [-0.2, -0.15) is 4.99 Å². The Hall–Kier alpha value is -2.30. The molecule has 0 saturated heterocycles. The Kier molecular flexibility index (Phi) is 3.45. The number of rotatable bonds is 2. The fraction of sp³-hybridized carbons (Fsp3) is 0. The average Bonchev–Trinajstić information content (AvgIpc) is 2.17. The van der Waals surface area contributed by atoms with Crippen LogP contribution in [0.4, 0.5) is 0 Å². The molecular weight excluding hydrogens is 190 g/mol. The largest absolute Gasteiger partial charge is 0.384 e. The van der Waals surface area contributed by atoms with Crippen LogP contribution in [0.5, 0.6) is 0 Å². The Morgan fingerprint density at radius 1 is 1.00 bits per heavy atom. The van der Waals surface area contributed by atoms with E-state index in [1.54, 1.807) is 0 Å². The fourth-order valence-corrected chi connectivity index (χ4v) is 1.000. The number of amidine groups is 1. The monoisotopic (exact) mass is 203 g/mol. The van der Waals surface area contributed by atoms with E-state index in [9.17, 15) is 0 Å².